The molecule has 0 fully saturated rings. The maximum Gasteiger partial charge on any atom is 0.254 e. The number of thiophene rings is 1. The molecule has 0 aliphatic carbocycles. The molecular weight excluding hydrogens is 487 g/mol. The standard InChI is InChI=1S/C27H28ClFN2O3S/c1-18(2)15-30(27(33)19-6-5-7-20(28)14-19)16-26(32)31-12-10-25-21(11-13-35-25)23(31)17-34-24-9-4-3-8-22(24)29/h3-9,11,13-14,18,23H,10,12,15-17H2,1-2H3/t23-/m1/s1. The second-order valence-electron chi connectivity index (χ2n) is 8.98. The zero-order valence-electron chi connectivity index (χ0n) is 19.7. The average molecular weight is 515 g/mol. The average Bonchev–Trinajstić information content (AvgIpc) is 3.31. The molecule has 2 amide bonds. The van der Waals surface area contributed by atoms with Crippen molar-refractivity contribution in [2.45, 2.75) is 26.3 Å². The van der Waals surface area contributed by atoms with E-state index in [1.165, 1.54) is 10.9 Å². The largest absolute Gasteiger partial charge is 0.488 e. The lowest BCUT2D eigenvalue weighted by molar-refractivity contribution is -0.135. The maximum absolute atomic E-state index is 14.2. The van der Waals surface area contributed by atoms with Crippen molar-refractivity contribution in [2.75, 3.05) is 26.2 Å². The zero-order chi connectivity index (χ0) is 24.9. The number of hydrogen-bond donors (Lipinski definition) is 0. The number of hydrogen-bond acceptors (Lipinski definition) is 4. The zero-order valence-corrected chi connectivity index (χ0v) is 21.3. The van der Waals surface area contributed by atoms with E-state index in [0.717, 1.165) is 12.0 Å². The van der Waals surface area contributed by atoms with Gasteiger partial charge in [0.2, 0.25) is 5.91 Å². The SMILES string of the molecule is CC(C)CN(CC(=O)N1CCc2sccc2[C@H]1COc1ccccc1F)C(=O)c1cccc(Cl)c1. The van der Waals surface area contributed by atoms with Crippen LogP contribution < -0.4 is 4.74 Å². The second kappa shape index (κ2) is 11.2. The van der Waals surface area contributed by atoms with Crippen molar-refractivity contribution in [1.82, 2.24) is 9.80 Å². The summed E-state index contributed by atoms with van der Waals surface area (Å²) in [6.45, 7) is 5.03. The van der Waals surface area contributed by atoms with E-state index in [4.69, 9.17) is 16.3 Å². The van der Waals surface area contributed by atoms with Crippen LogP contribution in [0.4, 0.5) is 4.39 Å². The summed E-state index contributed by atoms with van der Waals surface area (Å²) in [5.74, 6) is -0.514. The fraction of sp³-hybridized carbons (Fsp3) is 0.333. The van der Waals surface area contributed by atoms with Gasteiger partial charge >= 0.3 is 0 Å². The first-order valence-electron chi connectivity index (χ1n) is 11.6. The summed E-state index contributed by atoms with van der Waals surface area (Å²) in [6, 6.07) is 14.6. The van der Waals surface area contributed by atoms with Crippen LogP contribution in [0.25, 0.3) is 0 Å². The van der Waals surface area contributed by atoms with Crippen LogP contribution in [0.5, 0.6) is 5.75 Å². The molecule has 5 nitrogen and oxygen atoms in total. The summed E-state index contributed by atoms with van der Waals surface area (Å²) in [7, 11) is 0. The van der Waals surface area contributed by atoms with Crippen LogP contribution >= 0.6 is 22.9 Å². The van der Waals surface area contributed by atoms with Crippen molar-refractivity contribution >= 4 is 34.8 Å². The normalized spacial score (nSPS) is 15.1. The molecule has 0 bridgehead atoms. The Morgan fingerprint density at radius 2 is 2.00 bits per heavy atom. The molecule has 35 heavy (non-hydrogen) atoms. The fourth-order valence-corrected chi connectivity index (χ4v) is 5.44. The smallest absolute Gasteiger partial charge is 0.254 e. The van der Waals surface area contributed by atoms with E-state index in [9.17, 15) is 14.0 Å². The van der Waals surface area contributed by atoms with Crippen LogP contribution in [-0.4, -0.2) is 47.9 Å². The Hall–Kier alpha value is -2.90. The third-order valence-corrected chi connectivity index (χ3v) is 7.15. The minimum absolute atomic E-state index is 0.0564. The number of nitrogens with zero attached hydrogens (tertiary/aromatic N) is 2. The van der Waals surface area contributed by atoms with Crippen molar-refractivity contribution in [3.8, 4) is 5.75 Å². The number of carbonyl (C=O) groups excluding carboxylic acids is 2. The predicted molar refractivity (Wildman–Crippen MR) is 137 cm³/mol. The highest BCUT2D eigenvalue weighted by molar-refractivity contribution is 7.10. The van der Waals surface area contributed by atoms with Crippen molar-refractivity contribution < 1.29 is 18.7 Å². The molecule has 8 heteroatoms. The molecule has 3 aromatic rings. The van der Waals surface area contributed by atoms with Crippen molar-refractivity contribution in [3.63, 3.8) is 0 Å². The van der Waals surface area contributed by atoms with Crippen LogP contribution in [0.2, 0.25) is 5.02 Å². The maximum atomic E-state index is 14.2. The monoisotopic (exact) mass is 514 g/mol. The Bertz CT molecular complexity index is 1200. The van der Waals surface area contributed by atoms with Gasteiger partial charge in [-0.05, 0) is 59.7 Å². The van der Waals surface area contributed by atoms with Crippen LogP contribution in [0.1, 0.15) is 40.7 Å². The third-order valence-electron chi connectivity index (χ3n) is 5.92. The summed E-state index contributed by atoms with van der Waals surface area (Å²) in [5, 5.41) is 2.47. The Morgan fingerprint density at radius 1 is 1.20 bits per heavy atom. The first kappa shape index (κ1) is 25.2. The molecule has 0 spiro atoms. The Balaban J connectivity index is 1.55. The lowest BCUT2D eigenvalue weighted by Crippen LogP contribution is -2.48. The van der Waals surface area contributed by atoms with E-state index >= 15 is 0 Å². The molecule has 184 valence electrons. The number of fused-ring (bicyclic) bond motifs is 1. The molecule has 1 aromatic heterocycles. The number of benzene rings is 2. The number of para-hydroxylation sites is 1. The van der Waals surface area contributed by atoms with E-state index < -0.39 is 5.82 Å². The minimum Gasteiger partial charge on any atom is -0.488 e. The highest BCUT2D eigenvalue weighted by atomic mass is 35.5. The summed E-state index contributed by atoms with van der Waals surface area (Å²) >= 11 is 7.74. The van der Waals surface area contributed by atoms with Crippen molar-refractivity contribution in [3.05, 3.63) is 86.8 Å². The van der Waals surface area contributed by atoms with Gasteiger partial charge in [0.1, 0.15) is 13.2 Å². The quantitative estimate of drug-likeness (QED) is 0.379. The first-order valence-corrected chi connectivity index (χ1v) is 12.9. The predicted octanol–water partition coefficient (Wildman–Crippen LogP) is 5.84. The third kappa shape index (κ3) is 6.03. The summed E-state index contributed by atoms with van der Waals surface area (Å²) < 4.78 is 20.0. The number of amides is 2. The molecule has 2 heterocycles. The van der Waals surface area contributed by atoms with Crippen LogP contribution in [0.15, 0.2) is 60.0 Å². The molecule has 0 saturated carbocycles. The van der Waals surface area contributed by atoms with Crippen molar-refractivity contribution in [1.29, 1.82) is 0 Å². The number of ether oxygens (including phenoxy) is 1. The van der Waals surface area contributed by atoms with Crippen LogP contribution in [0, 0.1) is 11.7 Å². The van der Waals surface area contributed by atoms with Gasteiger partial charge in [-0.2, -0.15) is 0 Å². The lowest BCUT2D eigenvalue weighted by atomic mass is 10.00. The van der Waals surface area contributed by atoms with Crippen LogP contribution in [0.3, 0.4) is 0 Å². The van der Waals surface area contributed by atoms with E-state index in [1.807, 2.05) is 25.3 Å². The molecule has 4 rings (SSSR count). The highest BCUT2D eigenvalue weighted by Crippen LogP contribution is 2.34. The van der Waals surface area contributed by atoms with Gasteiger partial charge < -0.3 is 14.5 Å². The molecule has 2 aromatic carbocycles. The molecule has 0 radical (unpaired) electrons. The second-order valence-corrected chi connectivity index (χ2v) is 10.4. The molecular formula is C27H28ClFN2O3S. The molecule has 0 saturated heterocycles. The first-order chi connectivity index (χ1) is 16.8. The molecule has 1 atom stereocenters. The summed E-state index contributed by atoms with van der Waals surface area (Å²) in [5.41, 5.74) is 1.46. The molecule has 0 N–H and O–H groups in total. The van der Waals surface area contributed by atoms with Gasteiger partial charge in [-0.25, -0.2) is 4.39 Å². The van der Waals surface area contributed by atoms with E-state index in [1.54, 1.807) is 63.6 Å². The van der Waals surface area contributed by atoms with Gasteiger partial charge in [0.25, 0.3) is 5.91 Å². The summed E-state index contributed by atoms with van der Waals surface area (Å²) in [4.78, 5) is 31.4. The fourth-order valence-electron chi connectivity index (χ4n) is 4.32. The van der Waals surface area contributed by atoms with E-state index in [-0.39, 0.29) is 42.7 Å². The number of halogens is 2. The molecule has 0 unspecified atom stereocenters. The van der Waals surface area contributed by atoms with Crippen LogP contribution in [-0.2, 0) is 11.2 Å². The van der Waals surface area contributed by atoms with E-state index in [2.05, 4.69) is 0 Å². The van der Waals surface area contributed by atoms with Gasteiger partial charge in [-0.3, -0.25) is 9.59 Å². The molecule has 1 aliphatic heterocycles. The van der Waals surface area contributed by atoms with Gasteiger partial charge in [0.15, 0.2) is 11.6 Å². The van der Waals surface area contributed by atoms with Gasteiger partial charge in [-0.15, -0.1) is 11.3 Å². The van der Waals surface area contributed by atoms with Crippen molar-refractivity contribution in [2.24, 2.45) is 5.92 Å². The lowest BCUT2D eigenvalue weighted by Gasteiger charge is -2.37. The number of rotatable bonds is 8. The van der Waals surface area contributed by atoms with E-state index in [0.29, 0.717) is 23.7 Å². The highest BCUT2D eigenvalue weighted by Gasteiger charge is 2.34. The Kier molecular flexibility index (Phi) is 8.08. The summed E-state index contributed by atoms with van der Waals surface area (Å²) in [6.07, 6.45) is 0.737. The minimum atomic E-state index is -0.443. The molecule has 1 aliphatic rings. The Labute approximate surface area is 214 Å². The Morgan fingerprint density at radius 3 is 2.74 bits per heavy atom. The number of carbonyl (C=O) groups is 2. The van der Waals surface area contributed by atoms with Gasteiger partial charge in [0, 0.05) is 28.6 Å². The van der Waals surface area contributed by atoms with Gasteiger partial charge in [-0.1, -0.05) is 43.6 Å². The van der Waals surface area contributed by atoms with Gasteiger partial charge in [0.05, 0.1) is 6.04 Å². The topological polar surface area (TPSA) is 49.9 Å².